The van der Waals surface area contributed by atoms with Gasteiger partial charge >= 0.3 is 6.03 Å². The van der Waals surface area contributed by atoms with Crippen molar-refractivity contribution in [3.8, 4) is 0 Å². The van der Waals surface area contributed by atoms with Gasteiger partial charge in [-0.1, -0.05) is 37.0 Å². The van der Waals surface area contributed by atoms with E-state index in [1.165, 1.54) is 29.7 Å². The standard InChI is InChI=1S/C20H31N3O2S/c1-16-9-11-18(12-10-16)26-15-14-21-19(24)8-5-13-22-20(25)23-17-6-3-2-4-7-17/h9-12,17H,2-8,13-15H2,1H3,(H,21,24)(H2,22,23,25). The number of hydrogen-bond acceptors (Lipinski definition) is 3. The smallest absolute Gasteiger partial charge is 0.315 e. The van der Waals surface area contributed by atoms with Gasteiger partial charge in [-0.2, -0.15) is 0 Å². The Morgan fingerprint density at radius 2 is 1.77 bits per heavy atom. The number of benzene rings is 1. The van der Waals surface area contributed by atoms with E-state index in [-0.39, 0.29) is 11.9 Å². The summed E-state index contributed by atoms with van der Waals surface area (Å²) in [5.41, 5.74) is 1.25. The number of hydrogen-bond donors (Lipinski definition) is 3. The second kappa shape index (κ2) is 11.8. The average Bonchev–Trinajstić information content (AvgIpc) is 2.65. The molecule has 1 fully saturated rings. The summed E-state index contributed by atoms with van der Waals surface area (Å²) in [5, 5.41) is 8.79. The minimum absolute atomic E-state index is 0.0454. The number of rotatable bonds is 9. The van der Waals surface area contributed by atoms with Gasteiger partial charge in [-0.25, -0.2) is 4.79 Å². The minimum Gasteiger partial charge on any atom is -0.355 e. The van der Waals surface area contributed by atoms with Crippen LogP contribution in [0, 0.1) is 6.92 Å². The number of urea groups is 1. The number of amides is 3. The summed E-state index contributed by atoms with van der Waals surface area (Å²) in [5.74, 6) is 0.903. The van der Waals surface area contributed by atoms with Gasteiger partial charge < -0.3 is 16.0 Å². The highest BCUT2D eigenvalue weighted by atomic mass is 32.2. The monoisotopic (exact) mass is 377 g/mol. The van der Waals surface area contributed by atoms with Crippen LogP contribution in [0.4, 0.5) is 4.79 Å². The molecule has 144 valence electrons. The van der Waals surface area contributed by atoms with Crippen molar-refractivity contribution in [3.05, 3.63) is 29.8 Å². The van der Waals surface area contributed by atoms with Crippen LogP contribution in [0.1, 0.15) is 50.5 Å². The zero-order valence-electron chi connectivity index (χ0n) is 15.7. The van der Waals surface area contributed by atoms with Gasteiger partial charge in [0.25, 0.3) is 0 Å². The second-order valence-corrected chi connectivity index (χ2v) is 8.02. The zero-order chi connectivity index (χ0) is 18.6. The van der Waals surface area contributed by atoms with Gasteiger partial charge in [0.15, 0.2) is 0 Å². The van der Waals surface area contributed by atoms with Crippen LogP contribution in [0.3, 0.4) is 0 Å². The maximum atomic E-state index is 11.8. The van der Waals surface area contributed by atoms with Gasteiger partial charge in [0.05, 0.1) is 0 Å². The number of nitrogens with one attached hydrogen (secondary N) is 3. The molecule has 26 heavy (non-hydrogen) atoms. The lowest BCUT2D eigenvalue weighted by Gasteiger charge is -2.22. The number of carbonyl (C=O) groups is 2. The first-order valence-corrected chi connectivity index (χ1v) is 10.6. The Labute approximate surface area is 161 Å². The number of thioether (sulfide) groups is 1. The molecular formula is C20H31N3O2S. The molecule has 3 N–H and O–H groups in total. The van der Waals surface area contributed by atoms with E-state index in [2.05, 4.69) is 47.1 Å². The van der Waals surface area contributed by atoms with Crippen molar-refractivity contribution < 1.29 is 9.59 Å². The highest BCUT2D eigenvalue weighted by Crippen LogP contribution is 2.18. The molecule has 5 nitrogen and oxygen atoms in total. The van der Waals surface area contributed by atoms with Crippen LogP contribution in [0.15, 0.2) is 29.2 Å². The van der Waals surface area contributed by atoms with Gasteiger partial charge in [0, 0.05) is 36.2 Å². The molecule has 0 radical (unpaired) electrons. The number of aryl methyl sites for hydroxylation is 1. The maximum absolute atomic E-state index is 11.8. The summed E-state index contributed by atoms with van der Waals surface area (Å²) in [7, 11) is 0. The van der Waals surface area contributed by atoms with Crippen LogP contribution < -0.4 is 16.0 Å². The van der Waals surface area contributed by atoms with E-state index in [0.717, 1.165) is 18.6 Å². The third kappa shape index (κ3) is 8.61. The van der Waals surface area contributed by atoms with E-state index in [9.17, 15) is 9.59 Å². The molecule has 2 rings (SSSR count). The van der Waals surface area contributed by atoms with Gasteiger partial charge in [-0.15, -0.1) is 11.8 Å². The van der Waals surface area contributed by atoms with Crippen molar-refractivity contribution in [2.24, 2.45) is 0 Å². The Morgan fingerprint density at radius 1 is 1.04 bits per heavy atom. The molecule has 0 bridgehead atoms. The molecule has 0 atom stereocenters. The molecule has 1 aliphatic rings. The van der Waals surface area contributed by atoms with E-state index in [0.29, 0.717) is 32.0 Å². The SMILES string of the molecule is Cc1ccc(SCCNC(=O)CCCNC(=O)NC2CCCCC2)cc1. The molecule has 0 saturated heterocycles. The predicted octanol–water partition coefficient (Wildman–Crippen LogP) is 3.62. The summed E-state index contributed by atoms with van der Waals surface area (Å²) in [6.07, 6.45) is 6.94. The van der Waals surface area contributed by atoms with Gasteiger partial charge in [-0.05, 0) is 38.3 Å². The molecule has 0 heterocycles. The summed E-state index contributed by atoms with van der Waals surface area (Å²) in [6.45, 7) is 3.26. The molecule has 1 saturated carbocycles. The van der Waals surface area contributed by atoms with Crippen LogP contribution in [-0.4, -0.2) is 36.8 Å². The summed E-state index contributed by atoms with van der Waals surface area (Å²) >= 11 is 1.74. The fourth-order valence-electron chi connectivity index (χ4n) is 3.02. The molecule has 0 aliphatic heterocycles. The van der Waals surface area contributed by atoms with Crippen LogP contribution in [0.25, 0.3) is 0 Å². The van der Waals surface area contributed by atoms with Crippen molar-refractivity contribution in [1.82, 2.24) is 16.0 Å². The first-order valence-electron chi connectivity index (χ1n) is 9.64. The highest BCUT2D eigenvalue weighted by Gasteiger charge is 2.15. The molecule has 0 spiro atoms. The van der Waals surface area contributed by atoms with Crippen molar-refractivity contribution in [3.63, 3.8) is 0 Å². The lowest BCUT2D eigenvalue weighted by molar-refractivity contribution is -0.121. The predicted molar refractivity (Wildman–Crippen MR) is 108 cm³/mol. The molecule has 1 aromatic rings. The Hall–Kier alpha value is -1.69. The van der Waals surface area contributed by atoms with Crippen LogP contribution in [0.5, 0.6) is 0 Å². The van der Waals surface area contributed by atoms with Crippen LogP contribution >= 0.6 is 11.8 Å². The number of carbonyl (C=O) groups excluding carboxylic acids is 2. The van der Waals surface area contributed by atoms with Gasteiger partial charge in [0.1, 0.15) is 0 Å². The highest BCUT2D eigenvalue weighted by molar-refractivity contribution is 7.99. The minimum atomic E-state index is -0.105. The van der Waals surface area contributed by atoms with Crippen molar-refractivity contribution in [1.29, 1.82) is 0 Å². The van der Waals surface area contributed by atoms with Gasteiger partial charge in [0.2, 0.25) is 5.91 Å². The first-order chi connectivity index (χ1) is 12.6. The summed E-state index contributed by atoms with van der Waals surface area (Å²) in [4.78, 5) is 24.8. The normalized spacial score (nSPS) is 14.7. The molecular weight excluding hydrogens is 346 g/mol. The fourth-order valence-corrected chi connectivity index (χ4v) is 3.78. The van der Waals surface area contributed by atoms with E-state index in [4.69, 9.17) is 0 Å². The van der Waals surface area contributed by atoms with E-state index in [1.807, 2.05) is 0 Å². The zero-order valence-corrected chi connectivity index (χ0v) is 16.5. The van der Waals surface area contributed by atoms with E-state index < -0.39 is 0 Å². The Balaban J connectivity index is 1.45. The Morgan fingerprint density at radius 3 is 2.50 bits per heavy atom. The molecule has 6 heteroatoms. The van der Waals surface area contributed by atoms with Crippen molar-refractivity contribution >= 4 is 23.7 Å². The molecule has 1 aromatic carbocycles. The Bertz CT molecular complexity index is 557. The summed E-state index contributed by atoms with van der Waals surface area (Å²) in [6, 6.07) is 8.61. The molecule has 0 aromatic heterocycles. The topological polar surface area (TPSA) is 70.2 Å². The van der Waals surface area contributed by atoms with E-state index >= 15 is 0 Å². The lowest BCUT2D eigenvalue weighted by atomic mass is 9.96. The van der Waals surface area contributed by atoms with Gasteiger partial charge in [-0.3, -0.25) is 4.79 Å². The lowest BCUT2D eigenvalue weighted by Crippen LogP contribution is -2.43. The third-order valence-corrected chi connectivity index (χ3v) is 5.53. The van der Waals surface area contributed by atoms with Crippen molar-refractivity contribution in [2.75, 3.05) is 18.8 Å². The average molecular weight is 378 g/mol. The summed E-state index contributed by atoms with van der Waals surface area (Å²) < 4.78 is 0. The third-order valence-electron chi connectivity index (χ3n) is 4.52. The molecule has 0 unspecified atom stereocenters. The van der Waals surface area contributed by atoms with Crippen molar-refractivity contribution in [2.45, 2.75) is 62.8 Å². The van der Waals surface area contributed by atoms with Crippen LogP contribution in [0.2, 0.25) is 0 Å². The fraction of sp³-hybridized carbons (Fsp3) is 0.600. The molecule has 1 aliphatic carbocycles. The molecule has 3 amide bonds. The first kappa shape index (κ1) is 20.6. The van der Waals surface area contributed by atoms with E-state index in [1.54, 1.807) is 11.8 Å². The second-order valence-electron chi connectivity index (χ2n) is 6.85. The quantitative estimate of drug-likeness (QED) is 0.455. The largest absolute Gasteiger partial charge is 0.355 e. The Kier molecular flexibility index (Phi) is 9.39. The van der Waals surface area contributed by atoms with Crippen LogP contribution in [-0.2, 0) is 4.79 Å². The maximum Gasteiger partial charge on any atom is 0.315 e.